The molecule has 82 valence electrons. The van der Waals surface area contributed by atoms with E-state index in [0.29, 0.717) is 13.1 Å². The van der Waals surface area contributed by atoms with Crippen LogP contribution in [0.15, 0.2) is 18.2 Å². The normalized spacial score (nSPS) is 10.1. The minimum Gasteiger partial charge on any atom is -0.352 e. The molecule has 15 heavy (non-hydrogen) atoms. The summed E-state index contributed by atoms with van der Waals surface area (Å²) in [5.41, 5.74) is 8.29. The fourth-order valence-electron chi connectivity index (χ4n) is 1.47. The fourth-order valence-corrected chi connectivity index (χ4v) is 1.47. The lowest BCUT2D eigenvalue weighted by Crippen LogP contribution is -2.26. The quantitative estimate of drug-likeness (QED) is 0.731. The molecule has 0 aromatic heterocycles. The monoisotopic (exact) mass is 206 g/mol. The van der Waals surface area contributed by atoms with Crippen LogP contribution in [0.5, 0.6) is 0 Å². The van der Waals surface area contributed by atoms with E-state index < -0.39 is 0 Å². The topological polar surface area (TPSA) is 55.1 Å². The van der Waals surface area contributed by atoms with Gasteiger partial charge in [0, 0.05) is 12.1 Å². The van der Waals surface area contributed by atoms with E-state index in [0.717, 1.165) is 17.5 Å². The van der Waals surface area contributed by atoms with Gasteiger partial charge in [-0.1, -0.05) is 17.7 Å². The highest BCUT2D eigenvalue weighted by Gasteiger charge is 2.07. The number of carbonyl (C=O) groups is 1. The third kappa shape index (κ3) is 3.36. The van der Waals surface area contributed by atoms with Crippen molar-refractivity contribution in [3.8, 4) is 0 Å². The Labute approximate surface area is 90.7 Å². The molecule has 0 saturated carbocycles. The molecule has 3 nitrogen and oxygen atoms in total. The van der Waals surface area contributed by atoms with Crippen molar-refractivity contribution < 1.29 is 4.79 Å². The van der Waals surface area contributed by atoms with Crippen molar-refractivity contribution >= 4 is 5.91 Å². The van der Waals surface area contributed by atoms with Crippen molar-refractivity contribution in [2.24, 2.45) is 5.73 Å². The van der Waals surface area contributed by atoms with Crippen LogP contribution in [-0.2, 0) is 0 Å². The predicted octanol–water partition coefficient (Wildman–Crippen LogP) is 1.38. The zero-order valence-corrected chi connectivity index (χ0v) is 9.34. The Bertz CT molecular complexity index is 347. The second-order valence-corrected chi connectivity index (χ2v) is 3.72. The van der Waals surface area contributed by atoms with Gasteiger partial charge in [-0.2, -0.15) is 0 Å². The molecule has 0 spiro atoms. The molecule has 0 bridgehead atoms. The third-order valence-corrected chi connectivity index (χ3v) is 2.29. The van der Waals surface area contributed by atoms with Crippen LogP contribution in [0.2, 0.25) is 0 Å². The maximum Gasteiger partial charge on any atom is 0.251 e. The molecule has 0 saturated heterocycles. The third-order valence-electron chi connectivity index (χ3n) is 2.29. The van der Waals surface area contributed by atoms with E-state index in [1.165, 1.54) is 5.56 Å². The summed E-state index contributed by atoms with van der Waals surface area (Å²) in [7, 11) is 0. The molecule has 0 aliphatic heterocycles. The van der Waals surface area contributed by atoms with Crippen molar-refractivity contribution in [3.05, 3.63) is 34.9 Å². The van der Waals surface area contributed by atoms with Gasteiger partial charge in [-0.3, -0.25) is 4.79 Å². The summed E-state index contributed by atoms with van der Waals surface area (Å²) in [5.74, 6) is -0.0130. The van der Waals surface area contributed by atoms with Crippen LogP contribution >= 0.6 is 0 Å². The highest BCUT2D eigenvalue weighted by atomic mass is 16.1. The van der Waals surface area contributed by atoms with E-state index in [1.54, 1.807) is 0 Å². The summed E-state index contributed by atoms with van der Waals surface area (Å²) in [6, 6.07) is 5.82. The smallest absolute Gasteiger partial charge is 0.251 e. The standard InChI is InChI=1S/C12H18N2O/c1-9-4-5-11(10(2)8-9)12(15)14-7-3-6-13/h4-5,8H,3,6-7,13H2,1-2H3,(H,14,15). The maximum absolute atomic E-state index is 11.7. The molecule has 0 aliphatic carbocycles. The van der Waals surface area contributed by atoms with E-state index in [4.69, 9.17) is 5.73 Å². The van der Waals surface area contributed by atoms with Crippen molar-refractivity contribution in [1.82, 2.24) is 5.32 Å². The number of carbonyl (C=O) groups excluding carboxylic acids is 1. The average molecular weight is 206 g/mol. The van der Waals surface area contributed by atoms with Crippen LogP contribution in [0, 0.1) is 13.8 Å². The maximum atomic E-state index is 11.7. The first-order chi connectivity index (χ1) is 7.15. The zero-order chi connectivity index (χ0) is 11.3. The van der Waals surface area contributed by atoms with Gasteiger partial charge in [0.1, 0.15) is 0 Å². The Morgan fingerprint density at radius 3 is 2.73 bits per heavy atom. The van der Waals surface area contributed by atoms with Crippen LogP contribution in [0.25, 0.3) is 0 Å². The van der Waals surface area contributed by atoms with E-state index in [-0.39, 0.29) is 5.91 Å². The van der Waals surface area contributed by atoms with Gasteiger partial charge in [-0.15, -0.1) is 0 Å². The van der Waals surface area contributed by atoms with Crippen molar-refractivity contribution in [2.75, 3.05) is 13.1 Å². The molecule has 1 aromatic carbocycles. The van der Waals surface area contributed by atoms with E-state index >= 15 is 0 Å². The Morgan fingerprint density at radius 2 is 2.13 bits per heavy atom. The Hall–Kier alpha value is -1.35. The number of hydrogen-bond acceptors (Lipinski definition) is 2. The second kappa shape index (κ2) is 5.51. The summed E-state index contributed by atoms with van der Waals surface area (Å²) < 4.78 is 0. The van der Waals surface area contributed by atoms with Gasteiger partial charge >= 0.3 is 0 Å². The van der Waals surface area contributed by atoms with Crippen LogP contribution in [0.1, 0.15) is 27.9 Å². The Balaban J connectivity index is 2.65. The molecule has 1 rings (SSSR count). The fraction of sp³-hybridized carbons (Fsp3) is 0.417. The minimum absolute atomic E-state index is 0.0130. The van der Waals surface area contributed by atoms with Crippen LogP contribution in [0.4, 0.5) is 0 Å². The summed E-state index contributed by atoms with van der Waals surface area (Å²) in [4.78, 5) is 11.7. The van der Waals surface area contributed by atoms with Crippen LogP contribution < -0.4 is 11.1 Å². The van der Waals surface area contributed by atoms with Gasteiger partial charge in [0.15, 0.2) is 0 Å². The SMILES string of the molecule is Cc1ccc(C(=O)NCCCN)c(C)c1. The molecule has 1 amide bonds. The first-order valence-corrected chi connectivity index (χ1v) is 5.20. The molecule has 3 heteroatoms. The molecule has 0 atom stereocenters. The Morgan fingerprint density at radius 1 is 1.40 bits per heavy atom. The second-order valence-electron chi connectivity index (χ2n) is 3.72. The number of benzene rings is 1. The summed E-state index contributed by atoms with van der Waals surface area (Å²) in [5, 5.41) is 2.84. The van der Waals surface area contributed by atoms with Gasteiger partial charge < -0.3 is 11.1 Å². The van der Waals surface area contributed by atoms with Gasteiger partial charge in [-0.05, 0) is 38.4 Å². The summed E-state index contributed by atoms with van der Waals surface area (Å²) in [6.45, 7) is 5.21. The minimum atomic E-state index is -0.0130. The molecule has 0 fully saturated rings. The first-order valence-electron chi connectivity index (χ1n) is 5.20. The van der Waals surface area contributed by atoms with Crippen LogP contribution in [0.3, 0.4) is 0 Å². The van der Waals surface area contributed by atoms with Gasteiger partial charge in [0.2, 0.25) is 0 Å². The first kappa shape index (κ1) is 11.7. The largest absolute Gasteiger partial charge is 0.352 e. The zero-order valence-electron chi connectivity index (χ0n) is 9.34. The van der Waals surface area contributed by atoms with Crippen molar-refractivity contribution in [1.29, 1.82) is 0 Å². The number of nitrogens with one attached hydrogen (secondary N) is 1. The lowest BCUT2D eigenvalue weighted by Gasteiger charge is -2.07. The highest BCUT2D eigenvalue weighted by molar-refractivity contribution is 5.95. The predicted molar refractivity (Wildman–Crippen MR) is 61.9 cm³/mol. The van der Waals surface area contributed by atoms with Crippen LogP contribution in [-0.4, -0.2) is 19.0 Å². The van der Waals surface area contributed by atoms with E-state index in [1.807, 2.05) is 32.0 Å². The molecule has 0 aliphatic rings. The van der Waals surface area contributed by atoms with E-state index in [2.05, 4.69) is 5.32 Å². The number of hydrogen-bond donors (Lipinski definition) is 2. The van der Waals surface area contributed by atoms with Gasteiger partial charge in [0.25, 0.3) is 5.91 Å². The number of nitrogens with two attached hydrogens (primary N) is 1. The van der Waals surface area contributed by atoms with Crippen molar-refractivity contribution in [3.63, 3.8) is 0 Å². The van der Waals surface area contributed by atoms with Gasteiger partial charge in [0.05, 0.1) is 0 Å². The molecule has 1 aromatic rings. The molecule has 3 N–H and O–H groups in total. The van der Waals surface area contributed by atoms with Crippen molar-refractivity contribution in [2.45, 2.75) is 20.3 Å². The average Bonchev–Trinajstić information content (AvgIpc) is 2.17. The lowest BCUT2D eigenvalue weighted by atomic mass is 10.1. The summed E-state index contributed by atoms with van der Waals surface area (Å²) in [6.07, 6.45) is 0.816. The lowest BCUT2D eigenvalue weighted by molar-refractivity contribution is 0.0953. The van der Waals surface area contributed by atoms with Gasteiger partial charge in [-0.25, -0.2) is 0 Å². The van der Waals surface area contributed by atoms with E-state index in [9.17, 15) is 4.79 Å². The summed E-state index contributed by atoms with van der Waals surface area (Å²) >= 11 is 0. The number of rotatable bonds is 4. The molecular weight excluding hydrogens is 188 g/mol. The highest BCUT2D eigenvalue weighted by Crippen LogP contribution is 2.10. The number of amides is 1. The molecule has 0 heterocycles. The molecular formula is C12H18N2O. The Kier molecular flexibility index (Phi) is 4.31. The number of aryl methyl sites for hydroxylation is 2. The molecule has 0 unspecified atom stereocenters. The molecule has 0 radical (unpaired) electrons.